The molecule has 158 valence electrons. The Morgan fingerprint density at radius 3 is 2.32 bits per heavy atom. The minimum atomic E-state index is -1.42. The summed E-state index contributed by atoms with van der Waals surface area (Å²) in [4.78, 5) is 60.6. The molecule has 0 aromatic rings. The van der Waals surface area contributed by atoms with Gasteiger partial charge in [0.25, 0.3) is 0 Å². The maximum atomic E-state index is 12.6. The Kier molecular flexibility index (Phi) is 9.15. The number of likely N-dealkylation sites (tertiary alicyclic amines) is 1. The maximum absolute atomic E-state index is 12.6. The lowest BCUT2D eigenvalue weighted by molar-refractivity contribution is -0.143. The van der Waals surface area contributed by atoms with Gasteiger partial charge in [-0.15, -0.1) is 0 Å². The first-order chi connectivity index (χ1) is 13.1. The molecule has 12 nitrogen and oxygen atoms in total. The average Bonchev–Trinajstić information content (AvgIpc) is 3.13. The molecule has 4 atom stereocenters. The van der Waals surface area contributed by atoms with Crippen molar-refractivity contribution < 1.29 is 34.2 Å². The van der Waals surface area contributed by atoms with Gasteiger partial charge in [0.1, 0.15) is 24.2 Å². The minimum absolute atomic E-state index is 0.206. The molecule has 0 radical (unpaired) electrons. The molecule has 13 heteroatoms. The molecule has 4 amide bonds. The number of carbonyl (C=O) groups is 5. The van der Waals surface area contributed by atoms with E-state index in [9.17, 15) is 24.0 Å². The van der Waals surface area contributed by atoms with Crippen molar-refractivity contribution in [2.45, 2.75) is 43.4 Å². The third-order valence-electron chi connectivity index (χ3n) is 4.19. The van der Waals surface area contributed by atoms with Gasteiger partial charge in [-0.1, -0.05) is 0 Å². The largest absolute Gasteiger partial charge is 0.480 e. The molecule has 0 spiro atoms. The van der Waals surface area contributed by atoms with Crippen molar-refractivity contribution in [2.75, 3.05) is 18.9 Å². The van der Waals surface area contributed by atoms with Crippen LogP contribution in [0.1, 0.15) is 19.3 Å². The zero-order valence-corrected chi connectivity index (χ0v) is 15.9. The average molecular weight is 419 g/mol. The fraction of sp³-hybridized carbons (Fsp3) is 0.667. The number of aliphatic hydroxyl groups is 1. The van der Waals surface area contributed by atoms with E-state index < -0.39 is 66.8 Å². The summed E-state index contributed by atoms with van der Waals surface area (Å²) in [6, 6.07) is -4.86. The van der Waals surface area contributed by atoms with Crippen LogP contribution in [0, 0.1) is 0 Å². The lowest BCUT2D eigenvalue weighted by Crippen LogP contribution is -2.57. The monoisotopic (exact) mass is 419 g/mol. The molecule has 1 aliphatic rings. The molecule has 4 unspecified atom stereocenters. The molecule has 0 aromatic carbocycles. The second-order valence-electron chi connectivity index (χ2n) is 6.29. The van der Waals surface area contributed by atoms with Crippen molar-refractivity contribution in [3.8, 4) is 0 Å². The first-order valence-corrected chi connectivity index (χ1v) is 9.15. The normalized spacial score (nSPS) is 19.4. The summed E-state index contributed by atoms with van der Waals surface area (Å²) in [6.45, 7) is -0.339. The molecule has 1 aliphatic heterocycles. The van der Waals surface area contributed by atoms with E-state index in [1.54, 1.807) is 0 Å². The van der Waals surface area contributed by atoms with Gasteiger partial charge in [0.15, 0.2) is 0 Å². The van der Waals surface area contributed by atoms with Crippen LogP contribution in [0.4, 0.5) is 0 Å². The first kappa shape index (κ1) is 23.7. The molecule has 1 heterocycles. The summed E-state index contributed by atoms with van der Waals surface area (Å²) in [5.74, 6) is -4.68. The van der Waals surface area contributed by atoms with E-state index in [1.807, 2.05) is 0 Å². The number of nitrogens with one attached hydrogen (secondary N) is 2. The number of primary amides is 1. The summed E-state index contributed by atoms with van der Waals surface area (Å²) in [7, 11) is 0. The third kappa shape index (κ3) is 6.35. The SMILES string of the molecule is NC(=O)CC(NC(=O)C1CCCN1C(=O)C(N)CO)C(=O)NC(CS)C(=O)O. The second-order valence-corrected chi connectivity index (χ2v) is 6.66. The van der Waals surface area contributed by atoms with Gasteiger partial charge in [-0.2, -0.15) is 12.6 Å². The first-order valence-electron chi connectivity index (χ1n) is 8.52. The molecule has 0 aromatic heterocycles. The van der Waals surface area contributed by atoms with Crippen LogP contribution < -0.4 is 22.1 Å². The highest BCUT2D eigenvalue weighted by Crippen LogP contribution is 2.18. The Morgan fingerprint density at radius 1 is 1.18 bits per heavy atom. The Hall–Kier alpha value is -2.38. The summed E-state index contributed by atoms with van der Waals surface area (Å²) < 4.78 is 0. The Bertz CT molecular complexity index is 632. The van der Waals surface area contributed by atoms with Crippen LogP contribution in [-0.2, 0) is 24.0 Å². The van der Waals surface area contributed by atoms with Crippen molar-refractivity contribution in [3.63, 3.8) is 0 Å². The van der Waals surface area contributed by atoms with Gasteiger partial charge in [0, 0.05) is 12.3 Å². The van der Waals surface area contributed by atoms with Gasteiger partial charge < -0.3 is 37.2 Å². The highest BCUT2D eigenvalue weighted by Gasteiger charge is 2.38. The van der Waals surface area contributed by atoms with E-state index >= 15 is 0 Å². The van der Waals surface area contributed by atoms with Crippen LogP contribution in [0.5, 0.6) is 0 Å². The fourth-order valence-corrected chi connectivity index (χ4v) is 2.98. The third-order valence-corrected chi connectivity index (χ3v) is 4.55. The van der Waals surface area contributed by atoms with Crippen LogP contribution in [0.25, 0.3) is 0 Å². The van der Waals surface area contributed by atoms with Gasteiger partial charge in [0.05, 0.1) is 13.0 Å². The zero-order chi connectivity index (χ0) is 21.4. The quantitative estimate of drug-likeness (QED) is 0.174. The van der Waals surface area contributed by atoms with Crippen LogP contribution in [0.3, 0.4) is 0 Å². The fourth-order valence-electron chi connectivity index (χ4n) is 2.73. The summed E-state index contributed by atoms with van der Waals surface area (Å²) >= 11 is 3.82. The lowest BCUT2D eigenvalue weighted by atomic mass is 10.1. The Morgan fingerprint density at radius 2 is 1.82 bits per heavy atom. The number of aliphatic hydroxyl groups excluding tert-OH is 1. The predicted octanol–water partition coefficient (Wildman–Crippen LogP) is -3.84. The van der Waals surface area contributed by atoms with Gasteiger partial charge in [-0.05, 0) is 12.8 Å². The van der Waals surface area contributed by atoms with Crippen LogP contribution >= 0.6 is 12.6 Å². The molecule has 1 rings (SSSR count). The minimum Gasteiger partial charge on any atom is -0.480 e. The summed E-state index contributed by atoms with van der Waals surface area (Å²) in [6.07, 6.45) is 0.248. The number of carbonyl (C=O) groups excluding carboxylic acids is 4. The standard InChI is InChI=1S/C15H25N5O7S/c16-7(5-21)14(25)20-3-1-2-10(20)13(24)18-8(4-11(17)22)12(23)19-9(6-28)15(26)27/h7-10,21,28H,1-6,16H2,(H2,17,22)(H,18,24)(H,19,23)(H,26,27). The Balaban J connectivity index is 2.88. The number of thiol groups is 1. The highest BCUT2D eigenvalue weighted by atomic mass is 32.1. The van der Waals surface area contributed by atoms with E-state index in [-0.39, 0.29) is 12.3 Å². The van der Waals surface area contributed by atoms with Crippen molar-refractivity contribution in [1.82, 2.24) is 15.5 Å². The van der Waals surface area contributed by atoms with Gasteiger partial charge in [-0.25, -0.2) is 4.79 Å². The molecule has 0 saturated carbocycles. The van der Waals surface area contributed by atoms with Crippen molar-refractivity contribution in [1.29, 1.82) is 0 Å². The molecule has 0 aliphatic carbocycles. The molecule has 1 saturated heterocycles. The second kappa shape index (κ2) is 10.8. The maximum Gasteiger partial charge on any atom is 0.327 e. The smallest absolute Gasteiger partial charge is 0.327 e. The van der Waals surface area contributed by atoms with Gasteiger partial charge in [0.2, 0.25) is 23.6 Å². The number of hydrogen-bond donors (Lipinski definition) is 7. The molecule has 0 bridgehead atoms. The molecule has 28 heavy (non-hydrogen) atoms. The number of carboxylic acids is 1. The predicted molar refractivity (Wildman–Crippen MR) is 99.0 cm³/mol. The number of aliphatic carboxylic acids is 1. The van der Waals surface area contributed by atoms with Crippen molar-refractivity contribution >= 4 is 42.2 Å². The van der Waals surface area contributed by atoms with E-state index in [1.165, 1.54) is 4.90 Å². The van der Waals surface area contributed by atoms with E-state index in [0.717, 1.165) is 0 Å². The molecular formula is C15H25N5O7S. The Labute approximate surface area is 166 Å². The number of nitrogens with zero attached hydrogens (tertiary/aromatic N) is 1. The van der Waals surface area contributed by atoms with E-state index in [0.29, 0.717) is 12.8 Å². The number of rotatable bonds is 10. The van der Waals surface area contributed by atoms with Gasteiger partial charge in [-0.3, -0.25) is 19.2 Å². The molecular weight excluding hydrogens is 394 g/mol. The van der Waals surface area contributed by atoms with E-state index in [4.69, 9.17) is 21.7 Å². The summed E-state index contributed by atoms with van der Waals surface area (Å²) in [5.41, 5.74) is 10.6. The number of nitrogens with two attached hydrogens (primary N) is 2. The van der Waals surface area contributed by atoms with Crippen LogP contribution in [-0.4, -0.2) is 87.8 Å². The molecule has 8 N–H and O–H groups in total. The molecule has 1 fully saturated rings. The van der Waals surface area contributed by atoms with E-state index in [2.05, 4.69) is 23.3 Å². The van der Waals surface area contributed by atoms with Crippen LogP contribution in [0.2, 0.25) is 0 Å². The topological polar surface area (TPSA) is 205 Å². The number of hydrogen-bond acceptors (Lipinski definition) is 8. The summed E-state index contributed by atoms with van der Waals surface area (Å²) in [5, 5.41) is 22.5. The van der Waals surface area contributed by atoms with Crippen molar-refractivity contribution in [2.24, 2.45) is 11.5 Å². The number of amides is 4. The number of carboxylic acid groups (broad SMARTS) is 1. The van der Waals surface area contributed by atoms with Crippen molar-refractivity contribution in [3.05, 3.63) is 0 Å². The highest BCUT2D eigenvalue weighted by molar-refractivity contribution is 7.80. The van der Waals surface area contributed by atoms with Crippen LogP contribution in [0.15, 0.2) is 0 Å². The lowest BCUT2D eigenvalue weighted by Gasteiger charge is -2.28. The zero-order valence-electron chi connectivity index (χ0n) is 15.0. The van der Waals surface area contributed by atoms with Gasteiger partial charge >= 0.3 is 5.97 Å².